The van der Waals surface area contributed by atoms with Crippen molar-refractivity contribution in [2.24, 2.45) is 0 Å². The second-order valence-corrected chi connectivity index (χ2v) is 3.04. The summed E-state index contributed by atoms with van der Waals surface area (Å²) in [6.07, 6.45) is 7.00. The fourth-order valence-electron chi connectivity index (χ4n) is 1.36. The van der Waals surface area contributed by atoms with E-state index < -0.39 is 0 Å². The van der Waals surface area contributed by atoms with Gasteiger partial charge in [0, 0.05) is 11.7 Å². The van der Waals surface area contributed by atoms with E-state index in [1.54, 1.807) is 6.08 Å². The summed E-state index contributed by atoms with van der Waals surface area (Å²) in [7, 11) is 0. The Labute approximate surface area is 68.5 Å². The Kier molecular flexibility index (Phi) is 2.53. The number of hydrogen-bond acceptors (Lipinski definition) is 1. The zero-order valence-electron chi connectivity index (χ0n) is 7.22. The lowest BCUT2D eigenvalue weighted by molar-refractivity contribution is 0.673. The molecule has 0 aromatic carbocycles. The van der Waals surface area contributed by atoms with E-state index in [1.165, 1.54) is 11.3 Å². The highest BCUT2D eigenvalue weighted by atomic mass is 14.9. The molecule has 0 saturated carbocycles. The highest BCUT2D eigenvalue weighted by molar-refractivity contribution is 5.29. The van der Waals surface area contributed by atoms with Crippen molar-refractivity contribution in [2.75, 3.05) is 0 Å². The molecule has 1 atom stereocenters. The SMILES string of the molecule is C=C/C=C\C1=C(C)CC(C)N1. The zero-order valence-corrected chi connectivity index (χ0v) is 7.22. The maximum absolute atomic E-state index is 3.63. The summed E-state index contributed by atoms with van der Waals surface area (Å²) in [5.41, 5.74) is 2.70. The van der Waals surface area contributed by atoms with Crippen LogP contribution in [0.5, 0.6) is 0 Å². The molecule has 1 nitrogen and oxygen atoms in total. The van der Waals surface area contributed by atoms with Crippen molar-refractivity contribution in [1.82, 2.24) is 5.32 Å². The van der Waals surface area contributed by atoms with Gasteiger partial charge in [-0.05, 0) is 31.9 Å². The van der Waals surface area contributed by atoms with Crippen molar-refractivity contribution in [3.63, 3.8) is 0 Å². The van der Waals surface area contributed by atoms with Gasteiger partial charge in [-0.25, -0.2) is 0 Å². The first-order valence-electron chi connectivity index (χ1n) is 3.99. The Morgan fingerprint density at radius 3 is 2.82 bits per heavy atom. The molecular formula is C10H15N. The van der Waals surface area contributed by atoms with Gasteiger partial charge in [0.25, 0.3) is 0 Å². The van der Waals surface area contributed by atoms with Gasteiger partial charge in [-0.1, -0.05) is 18.7 Å². The lowest BCUT2D eigenvalue weighted by atomic mass is 10.1. The molecular weight excluding hydrogens is 134 g/mol. The molecule has 0 aromatic rings. The first kappa shape index (κ1) is 8.12. The highest BCUT2D eigenvalue weighted by Gasteiger charge is 2.13. The summed E-state index contributed by atoms with van der Waals surface area (Å²) in [6.45, 7) is 7.99. The average Bonchev–Trinajstić information content (AvgIpc) is 2.26. The molecule has 0 aliphatic carbocycles. The van der Waals surface area contributed by atoms with Crippen LogP contribution in [0.1, 0.15) is 20.3 Å². The molecule has 1 rings (SSSR count). The summed E-state index contributed by atoms with van der Waals surface area (Å²) < 4.78 is 0. The van der Waals surface area contributed by atoms with Gasteiger partial charge in [-0.2, -0.15) is 0 Å². The Bertz CT molecular complexity index is 211. The molecule has 11 heavy (non-hydrogen) atoms. The van der Waals surface area contributed by atoms with E-state index in [2.05, 4.69) is 31.8 Å². The van der Waals surface area contributed by atoms with Crippen molar-refractivity contribution in [3.05, 3.63) is 36.1 Å². The molecule has 60 valence electrons. The standard InChI is InChI=1S/C10H15N/c1-4-5-6-10-8(2)7-9(3)11-10/h4-6,9,11H,1,7H2,2-3H3/b6-5-. The Balaban J connectivity index is 2.64. The van der Waals surface area contributed by atoms with Gasteiger partial charge in [0.05, 0.1) is 0 Å². The van der Waals surface area contributed by atoms with Gasteiger partial charge in [0.1, 0.15) is 0 Å². The quantitative estimate of drug-likeness (QED) is 0.594. The number of rotatable bonds is 2. The normalized spacial score (nSPS) is 24.4. The summed E-state index contributed by atoms with van der Waals surface area (Å²) in [4.78, 5) is 0. The molecule has 0 spiro atoms. The van der Waals surface area contributed by atoms with Crippen molar-refractivity contribution in [2.45, 2.75) is 26.3 Å². The van der Waals surface area contributed by atoms with Crippen LogP contribution in [-0.2, 0) is 0 Å². The minimum absolute atomic E-state index is 0.597. The van der Waals surface area contributed by atoms with E-state index in [1.807, 2.05) is 6.08 Å². The molecule has 1 unspecified atom stereocenters. The van der Waals surface area contributed by atoms with Crippen LogP contribution in [0.15, 0.2) is 36.1 Å². The van der Waals surface area contributed by atoms with Crippen LogP contribution in [0.25, 0.3) is 0 Å². The van der Waals surface area contributed by atoms with E-state index in [9.17, 15) is 0 Å². The Hall–Kier alpha value is -0.980. The summed E-state index contributed by atoms with van der Waals surface area (Å²) in [6, 6.07) is 0.597. The summed E-state index contributed by atoms with van der Waals surface area (Å²) >= 11 is 0. The van der Waals surface area contributed by atoms with Gasteiger partial charge in [-0.3, -0.25) is 0 Å². The first-order valence-corrected chi connectivity index (χ1v) is 3.99. The van der Waals surface area contributed by atoms with E-state index in [-0.39, 0.29) is 0 Å². The third-order valence-corrected chi connectivity index (χ3v) is 1.87. The molecule has 0 fully saturated rings. The van der Waals surface area contributed by atoms with Crippen LogP contribution in [0.4, 0.5) is 0 Å². The van der Waals surface area contributed by atoms with E-state index in [4.69, 9.17) is 0 Å². The minimum Gasteiger partial charge on any atom is -0.382 e. The molecule has 0 bridgehead atoms. The first-order chi connectivity index (χ1) is 5.24. The number of hydrogen-bond donors (Lipinski definition) is 1. The lowest BCUT2D eigenvalue weighted by Crippen LogP contribution is -2.17. The molecule has 1 N–H and O–H groups in total. The fraction of sp³-hybridized carbons (Fsp3) is 0.400. The second-order valence-electron chi connectivity index (χ2n) is 3.04. The van der Waals surface area contributed by atoms with Crippen molar-refractivity contribution in [3.8, 4) is 0 Å². The Morgan fingerprint density at radius 2 is 2.36 bits per heavy atom. The van der Waals surface area contributed by atoms with Crippen LogP contribution in [0.3, 0.4) is 0 Å². The topological polar surface area (TPSA) is 12.0 Å². The molecule has 1 heteroatoms. The Morgan fingerprint density at radius 1 is 1.64 bits per heavy atom. The predicted octanol–water partition coefficient (Wildman–Crippen LogP) is 2.38. The molecule has 0 radical (unpaired) electrons. The van der Waals surface area contributed by atoms with Crippen molar-refractivity contribution in [1.29, 1.82) is 0 Å². The lowest BCUT2D eigenvalue weighted by Gasteiger charge is -2.03. The van der Waals surface area contributed by atoms with Crippen LogP contribution in [-0.4, -0.2) is 6.04 Å². The maximum atomic E-state index is 3.63. The molecule has 1 aliphatic rings. The van der Waals surface area contributed by atoms with E-state index >= 15 is 0 Å². The van der Waals surface area contributed by atoms with E-state index in [0.29, 0.717) is 6.04 Å². The number of allylic oxidation sites excluding steroid dienone is 3. The third kappa shape index (κ3) is 1.97. The summed E-state index contributed by atoms with van der Waals surface area (Å²) in [5.74, 6) is 0. The van der Waals surface area contributed by atoms with Crippen LogP contribution in [0.2, 0.25) is 0 Å². The van der Waals surface area contributed by atoms with Gasteiger partial charge in [-0.15, -0.1) is 0 Å². The van der Waals surface area contributed by atoms with Gasteiger partial charge in [0.2, 0.25) is 0 Å². The van der Waals surface area contributed by atoms with E-state index in [0.717, 1.165) is 6.42 Å². The number of nitrogens with one attached hydrogen (secondary N) is 1. The zero-order chi connectivity index (χ0) is 8.27. The largest absolute Gasteiger partial charge is 0.382 e. The monoisotopic (exact) mass is 149 g/mol. The second kappa shape index (κ2) is 3.42. The molecule has 1 heterocycles. The fourth-order valence-corrected chi connectivity index (χ4v) is 1.36. The maximum Gasteiger partial charge on any atom is 0.0332 e. The van der Waals surface area contributed by atoms with Crippen LogP contribution in [0, 0.1) is 0 Å². The molecule has 1 aliphatic heterocycles. The van der Waals surface area contributed by atoms with Crippen molar-refractivity contribution < 1.29 is 0 Å². The minimum atomic E-state index is 0.597. The highest BCUT2D eigenvalue weighted by Crippen LogP contribution is 2.18. The third-order valence-electron chi connectivity index (χ3n) is 1.87. The molecule has 0 aromatic heterocycles. The van der Waals surface area contributed by atoms with Gasteiger partial charge >= 0.3 is 0 Å². The predicted molar refractivity (Wildman–Crippen MR) is 49.3 cm³/mol. The van der Waals surface area contributed by atoms with Gasteiger partial charge < -0.3 is 5.32 Å². The summed E-state index contributed by atoms with van der Waals surface area (Å²) in [5, 5.41) is 3.38. The smallest absolute Gasteiger partial charge is 0.0332 e. The van der Waals surface area contributed by atoms with Crippen LogP contribution < -0.4 is 5.32 Å². The van der Waals surface area contributed by atoms with Crippen LogP contribution >= 0.6 is 0 Å². The van der Waals surface area contributed by atoms with Crippen molar-refractivity contribution >= 4 is 0 Å². The molecule has 0 saturated heterocycles. The molecule has 0 amide bonds. The average molecular weight is 149 g/mol. The van der Waals surface area contributed by atoms with Gasteiger partial charge in [0.15, 0.2) is 0 Å².